The summed E-state index contributed by atoms with van der Waals surface area (Å²) < 4.78 is 6.11. The van der Waals surface area contributed by atoms with Crippen LogP contribution in [-0.2, 0) is 6.42 Å². The van der Waals surface area contributed by atoms with Crippen LogP contribution in [0.4, 0.5) is 11.6 Å². The van der Waals surface area contributed by atoms with Gasteiger partial charge in [0.2, 0.25) is 0 Å². The number of aliphatic hydroxyl groups excluding tert-OH is 1. The Morgan fingerprint density at radius 3 is 2.73 bits per heavy atom. The first kappa shape index (κ1) is 21.9. The van der Waals surface area contributed by atoms with E-state index in [0.29, 0.717) is 29.0 Å². The zero-order valence-corrected chi connectivity index (χ0v) is 19.6. The van der Waals surface area contributed by atoms with Crippen LogP contribution in [0.2, 0.25) is 5.02 Å². The highest BCUT2D eigenvalue weighted by molar-refractivity contribution is 6.33. The number of benzene rings is 1. The number of ether oxygens (including phenoxy) is 1. The molecule has 1 aliphatic carbocycles. The fraction of sp³-hybridized carbons (Fsp3) is 0.375. The second-order valence-corrected chi connectivity index (χ2v) is 9.07. The van der Waals surface area contributed by atoms with E-state index in [2.05, 4.69) is 45.1 Å². The topological polar surface area (TPSA) is 86.1 Å². The second-order valence-electron chi connectivity index (χ2n) is 8.69. The first-order valence-corrected chi connectivity index (χ1v) is 11.5. The minimum Gasteiger partial charge on any atom is -0.423 e. The Morgan fingerprint density at radius 1 is 1.15 bits per heavy atom. The van der Waals surface area contributed by atoms with Gasteiger partial charge in [-0.15, -0.1) is 0 Å². The molecule has 0 amide bonds. The number of hydrogen-bond acceptors (Lipinski definition) is 8. The quantitative estimate of drug-likeness (QED) is 0.698. The van der Waals surface area contributed by atoms with E-state index in [1.165, 1.54) is 11.1 Å². The molecular weight excluding hydrogens is 440 g/mol. The molecule has 2 aliphatic heterocycles. The summed E-state index contributed by atoms with van der Waals surface area (Å²) >= 11 is 6.68. The number of hydrogen-bond donors (Lipinski definition) is 2. The molecule has 172 valence electrons. The number of aliphatic imine (C=N–C) groups is 1. The molecule has 5 rings (SSSR count). The molecule has 0 atom stereocenters. The highest BCUT2D eigenvalue weighted by atomic mass is 35.5. The van der Waals surface area contributed by atoms with Crippen LogP contribution in [0, 0.1) is 0 Å². The molecule has 0 spiro atoms. The fourth-order valence-corrected chi connectivity index (χ4v) is 4.47. The lowest BCUT2D eigenvalue weighted by Gasteiger charge is -2.33. The van der Waals surface area contributed by atoms with E-state index >= 15 is 0 Å². The van der Waals surface area contributed by atoms with Gasteiger partial charge >= 0.3 is 6.01 Å². The van der Waals surface area contributed by atoms with Gasteiger partial charge in [-0.25, -0.2) is 0 Å². The molecule has 0 bridgehead atoms. The summed E-state index contributed by atoms with van der Waals surface area (Å²) in [6, 6.07) is 6.05. The van der Waals surface area contributed by atoms with Crippen molar-refractivity contribution in [1.82, 2.24) is 14.9 Å². The second kappa shape index (κ2) is 9.13. The Balaban J connectivity index is 1.45. The number of halogens is 1. The minimum atomic E-state index is -0.00981. The van der Waals surface area contributed by atoms with Crippen molar-refractivity contribution < 1.29 is 9.84 Å². The van der Waals surface area contributed by atoms with E-state index in [9.17, 15) is 5.11 Å². The van der Waals surface area contributed by atoms with Crippen molar-refractivity contribution in [3.8, 4) is 11.8 Å². The first-order valence-electron chi connectivity index (χ1n) is 11.1. The van der Waals surface area contributed by atoms with E-state index in [4.69, 9.17) is 21.3 Å². The van der Waals surface area contributed by atoms with Crippen molar-refractivity contribution >= 4 is 35.1 Å². The summed E-state index contributed by atoms with van der Waals surface area (Å²) in [4.78, 5) is 18.2. The normalized spacial score (nSPS) is 18.1. The lowest BCUT2D eigenvalue weighted by molar-refractivity contribution is 0.311. The summed E-state index contributed by atoms with van der Waals surface area (Å²) in [5, 5.41) is 13.2. The maximum Gasteiger partial charge on any atom is 0.325 e. The van der Waals surface area contributed by atoms with Crippen LogP contribution >= 0.6 is 11.6 Å². The number of fused-ring (bicyclic) bond motifs is 1. The first-order chi connectivity index (χ1) is 16.0. The number of anilines is 2. The van der Waals surface area contributed by atoms with Crippen molar-refractivity contribution in [1.29, 1.82) is 0 Å². The van der Waals surface area contributed by atoms with Crippen molar-refractivity contribution in [3.05, 3.63) is 51.6 Å². The third-order valence-corrected chi connectivity index (χ3v) is 6.46. The summed E-state index contributed by atoms with van der Waals surface area (Å²) in [5.41, 5.74) is 4.33. The summed E-state index contributed by atoms with van der Waals surface area (Å²) in [5.74, 6) is 2.55. The molecule has 0 saturated carbocycles. The molecule has 8 nitrogen and oxygen atoms in total. The number of likely N-dealkylation sites (N-methyl/N-ethyl adjacent to an activating group) is 1. The number of aromatic nitrogens is 2. The minimum absolute atomic E-state index is 0.00981. The molecule has 0 unspecified atom stereocenters. The fourth-order valence-electron chi connectivity index (χ4n) is 4.19. The summed E-state index contributed by atoms with van der Waals surface area (Å²) in [6.45, 7) is 6.22. The number of nitrogens with zero attached hydrogens (tertiary/aromatic N) is 5. The van der Waals surface area contributed by atoms with Gasteiger partial charge in [-0.05, 0) is 43.7 Å². The van der Waals surface area contributed by atoms with Crippen LogP contribution < -0.4 is 15.0 Å². The largest absolute Gasteiger partial charge is 0.423 e. The number of aliphatic hydroxyl groups is 1. The van der Waals surface area contributed by atoms with Crippen LogP contribution in [0.15, 0.2) is 40.4 Å². The van der Waals surface area contributed by atoms with Gasteiger partial charge in [-0.3, -0.25) is 4.99 Å². The lowest BCUT2D eigenvalue weighted by atomic mass is 10.1. The molecule has 0 radical (unpaired) electrons. The maximum absolute atomic E-state index is 9.36. The number of rotatable bonds is 5. The van der Waals surface area contributed by atoms with E-state index < -0.39 is 0 Å². The Hall–Kier alpha value is -2.94. The molecule has 33 heavy (non-hydrogen) atoms. The molecule has 3 aliphatic rings. The van der Waals surface area contributed by atoms with Gasteiger partial charge in [0.05, 0.1) is 18.2 Å². The van der Waals surface area contributed by atoms with E-state index in [1.54, 1.807) is 0 Å². The van der Waals surface area contributed by atoms with Crippen molar-refractivity contribution in [2.75, 3.05) is 56.6 Å². The molecule has 3 heterocycles. The third kappa shape index (κ3) is 4.73. The van der Waals surface area contributed by atoms with Gasteiger partial charge in [0.15, 0.2) is 0 Å². The Bertz CT molecular complexity index is 1170. The molecule has 2 aromatic rings. The van der Waals surface area contributed by atoms with Crippen LogP contribution in [0.5, 0.6) is 11.8 Å². The highest BCUT2D eigenvalue weighted by Gasteiger charge is 2.21. The molecule has 1 aromatic heterocycles. The Morgan fingerprint density at radius 2 is 1.97 bits per heavy atom. The van der Waals surface area contributed by atoms with Crippen molar-refractivity contribution in [2.24, 2.45) is 4.99 Å². The van der Waals surface area contributed by atoms with Gasteiger partial charge < -0.3 is 25.0 Å². The zero-order valence-electron chi connectivity index (χ0n) is 18.8. The molecule has 1 aromatic carbocycles. The van der Waals surface area contributed by atoms with Gasteiger partial charge in [-0.1, -0.05) is 29.3 Å². The predicted octanol–water partition coefficient (Wildman–Crippen LogP) is 3.38. The van der Waals surface area contributed by atoms with Crippen molar-refractivity contribution in [3.63, 3.8) is 0 Å². The standard InChI is InChI=1S/C24H27ClN6O2/c1-15-9-17-3-4-19(23(25)18(17)10-15)33-24-28-21(27-20-11-16(14-32)13-26-20)12-22(29-24)31-7-5-30(2)6-8-31/h3-4,10-12,32H,5-9,13-14H2,1-2H3,(H,26,27,28,29). The summed E-state index contributed by atoms with van der Waals surface area (Å²) in [7, 11) is 2.12. The Kier molecular flexibility index (Phi) is 6.05. The van der Waals surface area contributed by atoms with Gasteiger partial charge in [-0.2, -0.15) is 9.97 Å². The number of allylic oxidation sites excluding steroid dienone is 1. The average Bonchev–Trinajstić information content (AvgIpc) is 3.42. The third-order valence-electron chi connectivity index (χ3n) is 6.07. The van der Waals surface area contributed by atoms with Crippen LogP contribution in [-0.4, -0.2) is 72.2 Å². The van der Waals surface area contributed by atoms with Crippen molar-refractivity contribution in [2.45, 2.75) is 13.3 Å². The molecule has 9 heteroatoms. The smallest absolute Gasteiger partial charge is 0.325 e. The van der Waals surface area contributed by atoms with E-state index in [-0.39, 0.29) is 12.6 Å². The predicted molar refractivity (Wildman–Crippen MR) is 132 cm³/mol. The van der Waals surface area contributed by atoms with Crippen LogP contribution in [0.25, 0.3) is 6.08 Å². The number of nitrogens with one attached hydrogen (secondary N) is 1. The lowest BCUT2D eigenvalue weighted by Crippen LogP contribution is -2.44. The van der Waals surface area contributed by atoms with E-state index in [1.807, 2.05) is 24.3 Å². The van der Waals surface area contributed by atoms with Gasteiger partial charge in [0, 0.05) is 37.8 Å². The number of amidine groups is 1. The maximum atomic E-state index is 9.36. The highest BCUT2D eigenvalue weighted by Crippen LogP contribution is 2.38. The molecule has 1 fully saturated rings. The Labute approximate surface area is 198 Å². The molecule has 2 N–H and O–H groups in total. The molecule has 1 saturated heterocycles. The SMILES string of the molecule is CC1=Cc2c(ccc(Oc3nc(NC4=NCC(CO)=C4)cc(N4CCN(C)CC4)n3)c2Cl)C1. The number of piperazine rings is 1. The van der Waals surface area contributed by atoms with Gasteiger partial charge in [0.25, 0.3) is 0 Å². The van der Waals surface area contributed by atoms with Gasteiger partial charge in [0.1, 0.15) is 23.2 Å². The zero-order chi connectivity index (χ0) is 22.9. The van der Waals surface area contributed by atoms with Crippen LogP contribution in [0.1, 0.15) is 18.1 Å². The molecular formula is C24H27ClN6O2. The monoisotopic (exact) mass is 466 g/mol. The van der Waals surface area contributed by atoms with E-state index in [0.717, 1.165) is 49.6 Å². The van der Waals surface area contributed by atoms with Crippen LogP contribution in [0.3, 0.4) is 0 Å². The average molecular weight is 467 g/mol. The summed E-state index contributed by atoms with van der Waals surface area (Å²) in [6.07, 6.45) is 4.84.